The van der Waals surface area contributed by atoms with E-state index in [0.717, 1.165) is 0 Å². The minimum Gasteiger partial charge on any atom is -0.480 e. The molecule has 0 radical (unpaired) electrons. The number of carboxylic acids is 1. The lowest BCUT2D eigenvalue weighted by Crippen LogP contribution is -2.52. The Balaban J connectivity index is 2.11. The van der Waals surface area contributed by atoms with Crippen LogP contribution in [0.25, 0.3) is 0 Å². The number of aliphatic carboxylic acids is 1. The third-order valence-electron chi connectivity index (χ3n) is 2.92. The van der Waals surface area contributed by atoms with E-state index < -0.39 is 17.5 Å². The molecule has 1 aliphatic rings. The van der Waals surface area contributed by atoms with E-state index in [2.05, 4.69) is 15.5 Å². The molecule has 1 atom stereocenters. The lowest BCUT2D eigenvalue weighted by molar-refractivity contribution is -0.146. The van der Waals surface area contributed by atoms with E-state index >= 15 is 0 Å². The van der Waals surface area contributed by atoms with Crippen molar-refractivity contribution in [3.8, 4) is 0 Å². The Kier molecular flexibility index (Phi) is 2.97. The molecule has 2 N–H and O–H groups in total. The Morgan fingerprint density at radius 2 is 2.41 bits per heavy atom. The number of urea groups is 1. The van der Waals surface area contributed by atoms with E-state index in [-0.39, 0.29) is 0 Å². The fraction of sp³-hybridized carbons (Fsp3) is 0.556. The zero-order chi connectivity index (χ0) is 12.5. The molecule has 1 aliphatic heterocycles. The second-order valence-corrected chi connectivity index (χ2v) is 4.84. The normalized spacial score (nSPS) is 23.7. The number of carboxylic acid groups (broad SMARTS) is 1. The maximum Gasteiger partial charge on any atom is 0.329 e. The van der Waals surface area contributed by atoms with Gasteiger partial charge in [-0.1, -0.05) is 11.3 Å². The lowest BCUT2D eigenvalue weighted by atomic mass is 10.00. The van der Waals surface area contributed by atoms with E-state index in [4.69, 9.17) is 0 Å². The van der Waals surface area contributed by atoms with Crippen LogP contribution in [0.2, 0.25) is 0 Å². The molecule has 2 heterocycles. The summed E-state index contributed by atoms with van der Waals surface area (Å²) >= 11 is 1.19. The minimum absolute atomic E-state index is 0.370. The topological polar surface area (TPSA) is 95.4 Å². The monoisotopic (exact) mass is 256 g/mol. The maximum atomic E-state index is 11.9. The van der Waals surface area contributed by atoms with Gasteiger partial charge >= 0.3 is 12.0 Å². The first-order valence-corrected chi connectivity index (χ1v) is 6.00. The molecule has 0 spiro atoms. The van der Waals surface area contributed by atoms with E-state index in [1.165, 1.54) is 21.7 Å². The van der Waals surface area contributed by atoms with Crippen LogP contribution in [0.15, 0.2) is 5.51 Å². The van der Waals surface area contributed by atoms with Crippen LogP contribution in [0.3, 0.4) is 0 Å². The van der Waals surface area contributed by atoms with E-state index in [1.54, 1.807) is 6.92 Å². The summed E-state index contributed by atoms with van der Waals surface area (Å²) in [6, 6.07) is -0.441. The number of rotatable bonds is 2. The van der Waals surface area contributed by atoms with Crippen molar-refractivity contribution in [3.05, 3.63) is 5.51 Å². The van der Waals surface area contributed by atoms with Crippen molar-refractivity contribution >= 4 is 28.5 Å². The molecular weight excluding hydrogens is 244 g/mol. The highest BCUT2D eigenvalue weighted by Crippen LogP contribution is 2.29. The summed E-state index contributed by atoms with van der Waals surface area (Å²) in [5.41, 5.74) is 0.366. The van der Waals surface area contributed by atoms with Crippen molar-refractivity contribution in [1.29, 1.82) is 0 Å². The Morgan fingerprint density at radius 3 is 3.00 bits per heavy atom. The van der Waals surface area contributed by atoms with Gasteiger partial charge in [0.25, 0.3) is 0 Å². The van der Waals surface area contributed by atoms with Crippen LogP contribution < -0.4 is 5.32 Å². The average molecular weight is 256 g/mol. The van der Waals surface area contributed by atoms with Crippen LogP contribution in [0.4, 0.5) is 9.93 Å². The molecule has 0 bridgehead atoms. The van der Waals surface area contributed by atoms with Gasteiger partial charge in [-0.05, 0) is 19.8 Å². The molecule has 17 heavy (non-hydrogen) atoms. The molecule has 92 valence electrons. The van der Waals surface area contributed by atoms with E-state index in [1.807, 2.05) is 0 Å². The number of likely N-dealkylation sites (tertiary alicyclic amines) is 1. The number of hydrogen-bond acceptors (Lipinski definition) is 5. The highest BCUT2D eigenvalue weighted by molar-refractivity contribution is 7.13. The second-order valence-electron chi connectivity index (χ2n) is 4.01. The molecule has 1 aromatic rings. The van der Waals surface area contributed by atoms with Crippen LogP contribution >= 0.6 is 11.3 Å². The molecule has 0 saturated carbocycles. The summed E-state index contributed by atoms with van der Waals surface area (Å²) in [5.74, 6) is -0.984. The highest BCUT2D eigenvalue weighted by Gasteiger charge is 2.46. The van der Waals surface area contributed by atoms with E-state index in [0.29, 0.717) is 24.5 Å². The third kappa shape index (κ3) is 2.07. The highest BCUT2D eigenvalue weighted by atomic mass is 32.1. The Morgan fingerprint density at radius 1 is 1.65 bits per heavy atom. The first-order valence-electron chi connectivity index (χ1n) is 5.12. The van der Waals surface area contributed by atoms with Crippen molar-refractivity contribution in [2.24, 2.45) is 0 Å². The molecule has 8 heteroatoms. The standard InChI is InChI=1S/C9H12N4O3S/c1-9(6(14)15)3-2-4-13(9)8(16)11-7-12-10-5-17-7/h5H,2-4H2,1H3,(H,14,15)(H,11,12,16). The number of nitrogens with one attached hydrogen (secondary N) is 1. The fourth-order valence-corrected chi connectivity index (χ4v) is 2.33. The number of carbonyl (C=O) groups excluding carboxylic acids is 1. The number of aromatic nitrogens is 2. The first-order chi connectivity index (χ1) is 8.04. The van der Waals surface area contributed by atoms with Crippen molar-refractivity contribution in [3.63, 3.8) is 0 Å². The second kappa shape index (κ2) is 4.28. The summed E-state index contributed by atoms with van der Waals surface area (Å²) in [7, 11) is 0. The van der Waals surface area contributed by atoms with Gasteiger partial charge in [0.15, 0.2) is 0 Å². The molecule has 2 amide bonds. The van der Waals surface area contributed by atoms with Crippen molar-refractivity contribution in [1.82, 2.24) is 15.1 Å². The van der Waals surface area contributed by atoms with Gasteiger partial charge in [0.05, 0.1) is 0 Å². The summed E-state index contributed by atoms with van der Waals surface area (Å²) < 4.78 is 0. The largest absolute Gasteiger partial charge is 0.480 e. The summed E-state index contributed by atoms with van der Waals surface area (Å²) in [6.07, 6.45) is 1.15. The Bertz CT molecular complexity index is 435. The zero-order valence-corrected chi connectivity index (χ0v) is 10.0. The minimum atomic E-state index is -1.13. The van der Waals surface area contributed by atoms with Gasteiger partial charge in [0, 0.05) is 6.54 Å². The Labute approximate surface area is 101 Å². The van der Waals surface area contributed by atoms with Gasteiger partial charge in [-0.15, -0.1) is 10.2 Å². The quantitative estimate of drug-likeness (QED) is 0.823. The Hall–Kier alpha value is -1.70. The summed E-state index contributed by atoms with van der Waals surface area (Å²) in [6.45, 7) is 2.00. The number of amides is 2. The van der Waals surface area contributed by atoms with Crippen LogP contribution in [0.5, 0.6) is 0 Å². The van der Waals surface area contributed by atoms with Crippen LogP contribution in [-0.2, 0) is 4.79 Å². The van der Waals surface area contributed by atoms with Crippen molar-refractivity contribution in [2.45, 2.75) is 25.3 Å². The maximum absolute atomic E-state index is 11.9. The van der Waals surface area contributed by atoms with Gasteiger partial charge in [0.1, 0.15) is 11.0 Å². The third-order valence-corrected chi connectivity index (χ3v) is 3.53. The van der Waals surface area contributed by atoms with Crippen LogP contribution in [0, 0.1) is 0 Å². The predicted octanol–water partition coefficient (Wildman–Crippen LogP) is 1.01. The summed E-state index contributed by atoms with van der Waals surface area (Å²) in [5, 5.41) is 19.4. The fourth-order valence-electron chi connectivity index (χ4n) is 1.90. The van der Waals surface area contributed by atoms with Gasteiger partial charge in [-0.2, -0.15) is 0 Å². The molecule has 1 unspecified atom stereocenters. The number of hydrogen-bond donors (Lipinski definition) is 2. The van der Waals surface area contributed by atoms with Gasteiger partial charge in [-0.3, -0.25) is 5.32 Å². The van der Waals surface area contributed by atoms with Gasteiger partial charge in [-0.25, -0.2) is 9.59 Å². The van der Waals surface area contributed by atoms with Crippen molar-refractivity contribution in [2.75, 3.05) is 11.9 Å². The zero-order valence-electron chi connectivity index (χ0n) is 9.21. The lowest BCUT2D eigenvalue weighted by Gasteiger charge is -2.30. The molecular formula is C9H12N4O3S. The molecule has 7 nitrogen and oxygen atoms in total. The van der Waals surface area contributed by atoms with E-state index in [9.17, 15) is 14.7 Å². The molecule has 0 aromatic carbocycles. The number of carbonyl (C=O) groups is 2. The molecule has 1 saturated heterocycles. The predicted molar refractivity (Wildman–Crippen MR) is 60.9 cm³/mol. The number of anilines is 1. The van der Waals surface area contributed by atoms with Gasteiger partial charge < -0.3 is 10.0 Å². The molecule has 2 rings (SSSR count). The van der Waals surface area contributed by atoms with Crippen molar-refractivity contribution < 1.29 is 14.7 Å². The molecule has 1 aromatic heterocycles. The average Bonchev–Trinajstić information content (AvgIpc) is 2.87. The molecule has 1 fully saturated rings. The van der Waals surface area contributed by atoms with Crippen LogP contribution in [-0.4, -0.2) is 44.3 Å². The first kappa shape index (κ1) is 11.8. The van der Waals surface area contributed by atoms with Crippen LogP contribution in [0.1, 0.15) is 19.8 Å². The SMILES string of the molecule is CC1(C(=O)O)CCCN1C(=O)Nc1nncs1. The molecule has 0 aliphatic carbocycles. The van der Waals surface area contributed by atoms with Gasteiger partial charge in [0.2, 0.25) is 5.13 Å². The smallest absolute Gasteiger partial charge is 0.329 e. The number of nitrogens with zero attached hydrogens (tertiary/aromatic N) is 3. The summed E-state index contributed by atoms with van der Waals surface area (Å²) in [4.78, 5) is 24.4.